The first-order valence-corrected chi connectivity index (χ1v) is 14.0. The molecule has 4 heteroatoms. The number of anilines is 3. The largest absolute Gasteiger partial charge is 0.457 e. The van der Waals surface area contributed by atoms with Gasteiger partial charge in [0.25, 0.3) is 0 Å². The van der Waals surface area contributed by atoms with Crippen LogP contribution in [0.25, 0.3) is 21.5 Å². The summed E-state index contributed by atoms with van der Waals surface area (Å²) in [5, 5.41) is 8.86. The van der Waals surface area contributed by atoms with Gasteiger partial charge in [0.2, 0.25) is 0 Å². The SMILES string of the molecule is c1ccc(N2c3c4c(cc5ccccc35)Oc3cccc5c3[SiH]4c3c(cc4ccccc4c32)O5)cc1. The topological polar surface area (TPSA) is 21.7 Å². The van der Waals surface area contributed by atoms with E-state index < -0.39 is 8.80 Å². The number of nitrogens with zero attached hydrogens (tertiary/aromatic N) is 1. The number of ether oxygens (including phenoxy) is 2. The summed E-state index contributed by atoms with van der Waals surface area (Å²) in [5.74, 6) is 3.85. The van der Waals surface area contributed by atoms with Gasteiger partial charge in [0.1, 0.15) is 23.0 Å². The molecular weight excluding hydrogens is 458 g/mol. The zero-order valence-electron chi connectivity index (χ0n) is 19.2. The predicted octanol–water partition coefficient (Wildman–Crippen LogP) is 6.24. The molecule has 0 fully saturated rings. The predicted molar refractivity (Wildman–Crippen MR) is 149 cm³/mol. The van der Waals surface area contributed by atoms with Crippen LogP contribution >= 0.6 is 0 Å². The highest BCUT2D eigenvalue weighted by atomic mass is 28.3. The van der Waals surface area contributed by atoms with Crippen molar-refractivity contribution in [3.8, 4) is 23.0 Å². The molecule has 6 aromatic carbocycles. The number of hydrogen-bond donors (Lipinski definition) is 0. The van der Waals surface area contributed by atoms with Crippen LogP contribution < -0.4 is 29.9 Å². The van der Waals surface area contributed by atoms with Gasteiger partial charge in [0.15, 0.2) is 8.80 Å². The number of para-hydroxylation sites is 1. The van der Waals surface area contributed by atoms with E-state index in [2.05, 4.69) is 108 Å². The Morgan fingerprint density at radius 2 is 1.00 bits per heavy atom. The monoisotopic (exact) mass is 477 g/mol. The number of benzene rings is 6. The maximum absolute atomic E-state index is 6.66. The van der Waals surface area contributed by atoms with E-state index in [0.29, 0.717) is 0 Å². The zero-order valence-corrected chi connectivity index (χ0v) is 20.4. The van der Waals surface area contributed by atoms with Gasteiger partial charge in [-0.3, -0.25) is 0 Å². The van der Waals surface area contributed by atoms with Gasteiger partial charge in [-0.05, 0) is 47.2 Å². The van der Waals surface area contributed by atoms with Crippen LogP contribution in [-0.4, -0.2) is 8.80 Å². The third-order valence-electron chi connectivity index (χ3n) is 7.84. The van der Waals surface area contributed by atoms with Gasteiger partial charge >= 0.3 is 0 Å². The third kappa shape index (κ3) is 2.23. The second-order valence-electron chi connectivity index (χ2n) is 9.69. The minimum absolute atomic E-state index is 0.941. The van der Waals surface area contributed by atoms with Gasteiger partial charge < -0.3 is 14.4 Å². The Morgan fingerprint density at radius 3 is 1.58 bits per heavy atom. The average molecular weight is 478 g/mol. The molecule has 168 valence electrons. The maximum Gasteiger partial charge on any atom is 0.157 e. The van der Waals surface area contributed by atoms with Gasteiger partial charge in [0.05, 0.1) is 11.4 Å². The van der Waals surface area contributed by atoms with Crippen LogP contribution in [0.3, 0.4) is 0 Å². The molecule has 0 aliphatic carbocycles. The molecule has 0 N–H and O–H groups in total. The van der Waals surface area contributed by atoms with Crippen molar-refractivity contribution in [3.05, 3.63) is 109 Å². The van der Waals surface area contributed by atoms with Crippen molar-refractivity contribution in [2.75, 3.05) is 4.90 Å². The molecule has 0 amide bonds. The van der Waals surface area contributed by atoms with E-state index in [1.165, 1.54) is 48.5 Å². The Balaban J connectivity index is 1.54. The lowest BCUT2D eigenvalue weighted by atomic mass is 10.0. The molecule has 3 aliphatic rings. The van der Waals surface area contributed by atoms with Crippen molar-refractivity contribution >= 4 is 63.0 Å². The number of hydrogen-bond acceptors (Lipinski definition) is 3. The molecule has 0 radical (unpaired) electrons. The lowest BCUT2D eigenvalue weighted by Gasteiger charge is -2.44. The summed E-state index contributed by atoms with van der Waals surface area (Å²) in [4.78, 5) is 2.47. The lowest BCUT2D eigenvalue weighted by molar-refractivity contribution is 0.465. The Kier molecular flexibility index (Phi) is 3.42. The molecule has 36 heavy (non-hydrogen) atoms. The van der Waals surface area contributed by atoms with E-state index in [0.717, 1.165) is 28.7 Å². The van der Waals surface area contributed by atoms with E-state index in [1.54, 1.807) is 0 Å². The van der Waals surface area contributed by atoms with Crippen molar-refractivity contribution in [1.82, 2.24) is 0 Å². The van der Waals surface area contributed by atoms with Crippen LogP contribution in [0.4, 0.5) is 17.1 Å². The summed E-state index contributed by atoms with van der Waals surface area (Å²) < 4.78 is 13.3. The summed E-state index contributed by atoms with van der Waals surface area (Å²) in [6.07, 6.45) is 0. The van der Waals surface area contributed by atoms with E-state index in [4.69, 9.17) is 9.47 Å². The molecular formula is C32H19NO2Si. The Morgan fingerprint density at radius 1 is 0.472 bits per heavy atom. The fraction of sp³-hybridized carbons (Fsp3) is 0. The fourth-order valence-electron chi connectivity index (χ4n) is 6.45. The molecule has 0 saturated heterocycles. The Bertz CT molecular complexity index is 1800. The molecule has 0 unspecified atom stereocenters. The third-order valence-corrected chi connectivity index (χ3v) is 11.3. The van der Waals surface area contributed by atoms with Crippen molar-refractivity contribution in [1.29, 1.82) is 0 Å². The van der Waals surface area contributed by atoms with Crippen LogP contribution in [-0.2, 0) is 0 Å². The lowest BCUT2D eigenvalue weighted by Crippen LogP contribution is -2.61. The van der Waals surface area contributed by atoms with Gasteiger partial charge in [-0.25, -0.2) is 0 Å². The van der Waals surface area contributed by atoms with Crippen LogP contribution in [0.15, 0.2) is 109 Å². The molecule has 0 spiro atoms. The maximum atomic E-state index is 6.66. The normalized spacial score (nSPS) is 14.4. The van der Waals surface area contributed by atoms with Crippen molar-refractivity contribution in [2.45, 2.75) is 0 Å². The standard InChI is InChI=1S/C32H19NO2Si/c1-2-11-21(12-3-1)33-28-22-13-6-4-9-19(22)17-26-31(28)36-30-24(34-26)15-8-16-25(30)35-27-18-20-10-5-7-14-23(20)29(33)32(27)36/h1-18,36H. The van der Waals surface area contributed by atoms with Crippen molar-refractivity contribution < 1.29 is 9.47 Å². The number of rotatable bonds is 1. The molecule has 0 atom stereocenters. The number of fused-ring (bicyclic) bond motifs is 4. The molecule has 3 nitrogen and oxygen atoms in total. The molecule has 9 rings (SSSR count). The zero-order chi connectivity index (χ0) is 23.4. The van der Waals surface area contributed by atoms with Gasteiger partial charge in [-0.1, -0.05) is 72.8 Å². The molecule has 6 aromatic rings. The Hall–Kier alpha value is -4.54. The van der Waals surface area contributed by atoms with E-state index >= 15 is 0 Å². The van der Waals surface area contributed by atoms with Crippen LogP contribution in [0, 0.1) is 0 Å². The molecule has 3 aliphatic heterocycles. The van der Waals surface area contributed by atoms with Crippen molar-refractivity contribution in [3.63, 3.8) is 0 Å². The van der Waals surface area contributed by atoms with Gasteiger partial charge in [-0.15, -0.1) is 0 Å². The first-order chi connectivity index (χ1) is 17.9. The summed E-state index contributed by atoms with van der Waals surface area (Å²) >= 11 is 0. The highest BCUT2D eigenvalue weighted by Gasteiger charge is 2.47. The van der Waals surface area contributed by atoms with Crippen LogP contribution in [0.5, 0.6) is 23.0 Å². The highest BCUT2D eigenvalue weighted by molar-refractivity contribution is 7.01. The first-order valence-electron chi connectivity index (χ1n) is 12.3. The summed E-state index contributed by atoms with van der Waals surface area (Å²) in [7, 11) is -1.89. The fourth-order valence-corrected chi connectivity index (χ4v) is 10.2. The second-order valence-corrected chi connectivity index (χ2v) is 12.3. The second kappa shape index (κ2) is 6.56. The van der Waals surface area contributed by atoms with Gasteiger partial charge in [0, 0.05) is 32.0 Å². The molecule has 3 heterocycles. The summed E-state index contributed by atoms with van der Waals surface area (Å²) in [5.41, 5.74) is 3.65. The molecule has 0 saturated carbocycles. The van der Waals surface area contributed by atoms with Gasteiger partial charge in [-0.2, -0.15) is 0 Å². The Labute approximate surface area is 209 Å². The first kappa shape index (κ1) is 18.7. The molecule has 0 aromatic heterocycles. The smallest absolute Gasteiger partial charge is 0.157 e. The minimum atomic E-state index is -1.89. The average Bonchev–Trinajstić information content (AvgIpc) is 2.93. The van der Waals surface area contributed by atoms with E-state index in [1.807, 2.05) is 6.07 Å². The van der Waals surface area contributed by atoms with E-state index in [-0.39, 0.29) is 0 Å². The van der Waals surface area contributed by atoms with Crippen LogP contribution in [0.1, 0.15) is 0 Å². The van der Waals surface area contributed by atoms with E-state index in [9.17, 15) is 0 Å². The quantitative estimate of drug-likeness (QED) is 0.261. The minimum Gasteiger partial charge on any atom is -0.457 e. The highest BCUT2D eigenvalue weighted by Crippen LogP contribution is 2.50. The summed E-state index contributed by atoms with van der Waals surface area (Å²) in [6, 6.07) is 38.9. The molecule has 0 bridgehead atoms. The van der Waals surface area contributed by atoms with Crippen molar-refractivity contribution in [2.24, 2.45) is 0 Å². The van der Waals surface area contributed by atoms with Crippen LogP contribution in [0.2, 0.25) is 0 Å². The summed E-state index contributed by atoms with van der Waals surface area (Å²) in [6.45, 7) is 0.